The summed E-state index contributed by atoms with van der Waals surface area (Å²) in [6, 6.07) is 75.5. The van der Waals surface area contributed by atoms with Crippen LogP contribution in [0.4, 0.5) is 0 Å². The highest BCUT2D eigenvalue weighted by molar-refractivity contribution is 7.19. The van der Waals surface area contributed by atoms with Crippen molar-refractivity contribution in [1.29, 1.82) is 0 Å². The number of nitrogens with zero attached hydrogens (tertiary/aromatic N) is 5. The number of fused-ring (bicyclic) bond motifs is 6. The van der Waals surface area contributed by atoms with Crippen molar-refractivity contribution in [3.63, 3.8) is 0 Å². The first-order chi connectivity index (χ1) is 31.2. The maximum absolute atomic E-state index is 6.30. The molecular weight excluding hydrogens is 787 g/mol. The topological polar surface area (TPSA) is 69.6 Å². The smallest absolute Gasteiger partial charge is 0.179 e. The first kappa shape index (κ1) is 36.6. The highest BCUT2D eigenvalue weighted by Gasteiger charge is 2.41. The van der Waals surface area contributed by atoms with E-state index < -0.39 is 8.07 Å². The lowest BCUT2D eigenvalue weighted by Gasteiger charge is -2.34. The first-order valence-corrected chi connectivity index (χ1v) is 23.1. The predicted octanol–water partition coefficient (Wildman–Crippen LogP) is 10.6. The summed E-state index contributed by atoms with van der Waals surface area (Å²) in [5.74, 6) is 1.74. The van der Waals surface area contributed by atoms with Crippen molar-refractivity contribution in [3.05, 3.63) is 225 Å². The summed E-state index contributed by atoms with van der Waals surface area (Å²) in [6.07, 6.45) is 3.56. The van der Waals surface area contributed by atoms with Crippen LogP contribution in [0.3, 0.4) is 0 Å². The predicted molar refractivity (Wildman–Crippen MR) is 259 cm³/mol. The number of pyridine rings is 1. The van der Waals surface area contributed by atoms with Gasteiger partial charge in [-0.05, 0) is 69.3 Å². The molecule has 0 unspecified atom stereocenters. The Morgan fingerprint density at radius 1 is 0.397 bits per heavy atom. The molecule has 12 aromatic rings. The molecule has 0 saturated heterocycles. The summed E-state index contributed by atoms with van der Waals surface area (Å²) >= 11 is 0. The Bertz CT molecular complexity index is 3470. The second-order valence-electron chi connectivity index (χ2n) is 15.8. The van der Waals surface area contributed by atoms with Gasteiger partial charge in [0.15, 0.2) is 31.1 Å². The lowest BCUT2D eigenvalue weighted by Crippen LogP contribution is -2.74. The number of hydrogen-bond acceptors (Lipinski definition) is 5. The molecule has 0 amide bonds. The summed E-state index contributed by atoms with van der Waals surface area (Å²) in [4.78, 5) is 20.3. The fourth-order valence-electron chi connectivity index (χ4n) is 9.54. The van der Waals surface area contributed by atoms with Crippen molar-refractivity contribution in [2.24, 2.45) is 0 Å². The molecule has 0 atom stereocenters. The Kier molecular flexibility index (Phi) is 8.72. The van der Waals surface area contributed by atoms with Gasteiger partial charge < -0.3 is 8.98 Å². The molecule has 6 nitrogen and oxygen atoms in total. The average molecular weight is 824 g/mol. The van der Waals surface area contributed by atoms with Gasteiger partial charge in [0, 0.05) is 50.1 Å². The van der Waals surface area contributed by atoms with Crippen LogP contribution < -0.4 is 20.7 Å². The zero-order chi connectivity index (χ0) is 41.7. The Morgan fingerprint density at radius 3 is 1.57 bits per heavy atom. The largest absolute Gasteiger partial charge is 0.454 e. The van der Waals surface area contributed by atoms with E-state index >= 15 is 0 Å². The lowest BCUT2D eigenvalue weighted by molar-refractivity contribution is 0.667. The molecule has 4 heterocycles. The monoisotopic (exact) mass is 823 g/mol. The summed E-state index contributed by atoms with van der Waals surface area (Å²) < 4.78 is 8.63. The maximum Gasteiger partial charge on any atom is 0.179 e. The molecule has 63 heavy (non-hydrogen) atoms. The van der Waals surface area contributed by atoms with Gasteiger partial charge in [0.05, 0.1) is 17.2 Å². The molecule has 7 heteroatoms. The van der Waals surface area contributed by atoms with E-state index in [0.717, 1.165) is 49.8 Å². The van der Waals surface area contributed by atoms with Gasteiger partial charge in [-0.1, -0.05) is 164 Å². The highest BCUT2D eigenvalue weighted by Crippen LogP contribution is 2.37. The third kappa shape index (κ3) is 6.01. The molecular formula is C56H37N5OSi. The second kappa shape index (κ2) is 15.0. The second-order valence-corrected chi connectivity index (χ2v) is 19.6. The average Bonchev–Trinajstić information content (AvgIpc) is 3.92. The van der Waals surface area contributed by atoms with E-state index in [-0.39, 0.29) is 0 Å². The first-order valence-electron chi connectivity index (χ1n) is 21.1. The van der Waals surface area contributed by atoms with E-state index in [1.165, 1.54) is 31.5 Å². The molecule has 0 bridgehead atoms. The van der Waals surface area contributed by atoms with E-state index in [0.29, 0.717) is 23.1 Å². The van der Waals surface area contributed by atoms with Gasteiger partial charge in [-0.15, -0.1) is 0 Å². The number of benzene rings is 8. The van der Waals surface area contributed by atoms with Gasteiger partial charge in [0.1, 0.15) is 5.58 Å². The molecule has 0 aliphatic carbocycles. The van der Waals surface area contributed by atoms with Crippen LogP contribution in [0.2, 0.25) is 0 Å². The maximum atomic E-state index is 6.30. The zero-order valence-electron chi connectivity index (χ0n) is 34.0. The van der Waals surface area contributed by atoms with Gasteiger partial charge in [0.25, 0.3) is 0 Å². The Hall–Kier alpha value is -8.26. The number of aromatic nitrogens is 5. The summed E-state index contributed by atoms with van der Waals surface area (Å²) in [6.45, 7) is 0. The number of hydrogen-bond donors (Lipinski definition) is 0. The summed E-state index contributed by atoms with van der Waals surface area (Å²) in [5.41, 5.74) is 7.50. The van der Waals surface area contributed by atoms with Crippen LogP contribution >= 0.6 is 0 Å². The minimum absolute atomic E-state index is 0.565. The molecule has 0 radical (unpaired) electrons. The molecule has 0 N–H and O–H groups in total. The van der Waals surface area contributed by atoms with Gasteiger partial charge >= 0.3 is 0 Å². The normalized spacial score (nSPS) is 11.8. The van der Waals surface area contributed by atoms with Gasteiger partial charge in [-0.25, -0.2) is 15.0 Å². The van der Waals surface area contributed by atoms with Crippen molar-refractivity contribution in [2.45, 2.75) is 0 Å². The minimum atomic E-state index is -2.84. The van der Waals surface area contributed by atoms with Crippen LogP contribution in [0.5, 0.6) is 0 Å². The van der Waals surface area contributed by atoms with Crippen LogP contribution in [0.15, 0.2) is 229 Å². The SMILES string of the molecule is c1ccc([Si](c2ccccc2)(c2ccccc2)c2cccc(-c3nc(-c4ccc(-n5c6ccccc6c6ccccc65)cc4)nc(-c4cccc5oc6cnccc6c45)n3)c2)cc1. The molecule has 12 rings (SSSR count). The molecule has 0 aliphatic heterocycles. The summed E-state index contributed by atoms with van der Waals surface area (Å²) in [7, 11) is -2.84. The minimum Gasteiger partial charge on any atom is -0.454 e. The van der Waals surface area contributed by atoms with Crippen molar-refractivity contribution in [3.8, 4) is 39.9 Å². The Morgan fingerprint density at radius 2 is 0.937 bits per heavy atom. The van der Waals surface area contributed by atoms with Gasteiger partial charge in [0.2, 0.25) is 0 Å². The van der Waals surface area contributed by atoms with Crippen LogP contribution in [-0.4, -0.2) is 32.6 Å². The molecule has 296 valence electrons. The highest BCUT2D eigenvalue weighted by atomic mass is 28.3. The lowest BCUT2D eigenvalue weighted by atomic mass is 10.1. The van der Waals surface area contributed by atoms with Crippen molar-refractivity contribution >= 4 is 72.6 Å². The molecule has 0 fully saturated rings. The standard InChI is InChI=1S/C56H37N5OSi/c1-4-17-41(18-5-1)63(42-19-6-2-7-20-42,43-21-8-3-9-22-43)44-23-14-16-39(36-44)55-58-54(59-56(60-55)48-26-15-29-51-53(48)47-34-35-57-37-52(47)62-51)38-30-32-40(33-31-38)61-49-27-12-10-24-45(49)46-25-11-13-28-50(46)61/h1-37H. The van der Waals surface area contributed by atoms with Gasteiger partial charge in [-0.3, -0.25) is 4.98 Å². The molecule has 8 aromatic carbocycles. The zero-order valence-corrected chi connectivity index (χ0v) is 35.0. The van der Waals surface area contributed by atoms with Crippen molar-refractivity contribution in [1.82, 2.24) is 24.5 Å². The van der Waals surface area contributed by atoms with E-state index in [2.05, 4.69) is 204 Å². The molecule has 0 saturated carbocycles. The third-order valence-corrected chi connectivity index (χ3v) is 17.1. The fraction of sp³-hybridized carbons (Fsp3) is 0. The summed E-state index contributed by atoms with van der Waals surface area (Å²) in [5, 5.41) is 9.48. The van der Waals surface area contributed by atoms with Crippen LogP contribution in [-0.2, 0) is 0 Å². The number of furan rings is 1. The molecule has 4 aromatic heterocycles. The van der Waals surface area contributed by atoms with Crippen molar-refractivity contribution < 1.29 is 4.42 Å². The van der Waals surface area contributed by atoms with Crippen LogP contribution in [0, 0.1) is 0 Å². The van der Waals surface area contributed by atoms with Crippen LogP contribution in [0.25, 0.3) is 83.6 Å². The fourth-order valence-corrected chi connectivity index (χ4v) is 14.3. The molecule has 0 aliphatic rings. The number of para-hydroxylation sites is 2. The van der Waals surface area contributed by atoms with E-state index in [9.17, 15) is 0 Å². The number of rotatable bonds is 8. The molecule has 0 spiro atoms. The van der Waals surface area contributed by atoms with E-state index in [1.54, 1.807) is 12.4 Å². The van der Waals surface area contributed by atoms with E-state index in [4.69, 9.17) is 19.4 Å². The third-order valence-electron chi connectivity index (χ3n) is 12.3. The van der Waals surface area contributed by atoms with Crippen molar-refractivity contribution in [2.75, 3.05) is 0 Å². The van der Waals surface area contributed by atoms with Gasteiger partial charge in [-0.2, -0.15) is 0 Å². The Labute approximate surface area is 364 Å². The Balaban J connectivity index is 1.07. The van der Waals surface area contributed by atoms with Crippen LogP contribution in [0.1, 0.15) is 0 Å². The van der Waals surface area contributed by atoms with E-state index in [1.807, 2.05) is 18.2 Å². The quantitative estimate of drug-likeness (QED) is 0.113.